The number of fused-ring (bicyclic) bond motifs is 14. The molecule has 2 saturated carbocycles. The Morgan fingerprint density at radius 3 is 2.43 bits per heavy atom. The molecular weight excluding hydrogens is 1110 g/mol. The molecule has 1 aromatic heterocycles. The monoisotopic (exact) mass is 1190 g/mol. The summed E-state index contributed by atoms with van der Waals surface area (Å²) in [6.07, 6.45) is 18.1. The van der Waals surface area contributed by atoms with Crippen LogP contribution in [0.3, 0.4) is 0 Å². The Hall–Kier alpha value is -7.33. The fourth-order valence-electron chi connectivity index (χ4n) is 19.2. The molecule has 5 aromatic carbocycles. The summed E-state index contributed by atoms with van der Waals surface area (Å²) in [7, 11) is 1.52. The number of hydrogen-bond donors (Lipinski definition) is 3. The second-order valence-corrected chi connectivity index (χ2v) is 27.4. The van der Waals surface area contributed by atoms with Crippen LogP contribution in [0.5, 0.6) is 5.75 Å². The summed E-state index contributed by atoms with van der Waals surface area (Å²) >= 11 is 0. The maximum absolute atomic E-state index is 16.1. The minimum Gasteiger partial charge on any atom is -0.481 e. The molecule has 5 bridgehead atoms. The molecule has 6 aromatic rings. The number of carbonyl (C=O) groups excluding carboxylic acids is 2. The first kappa shape index (κ1) is 58.1. The van der Waals surface area contributed by atoms with E-state index in [0.29, 0.717) is 66.2 Å². The first-order chi connectivity index (χ1) is 43.5. The number of benzene rings is 5. The Morgan fingerprint density at radius 2 is 1.58 bits per heavy atom. The van der Waals surface area contributed by atoms with E-state index in [1.165, 1.54) is 66.2 Å². The van der Waals surface area contributed by atoms with E-state index < -0.39 is 47.9 Å². The molecule has 15 rings (SSSR count). The average Bonchev–Trinajstić information content (AvgIpc) is 1.26. The van der Waals surface area contributed by atoms with Gasteiger partial charge in [0.15, 0.2) is 17.8 Å². The van der Waals surface area contributed by atoms with E-state index in [1.807, 2.05) is 0 Å². The van der Waals surface area contributed by atoms with Crippen molar-refractivity contribution >= 4 is 29.0 Å². The van der Waals surface area contributed by atoms with Gasteiger partial charge in [-0.3, -0.25) is 4.79 Å². The lowest BCUT2D eigenvalue weighted by molar-refractivity contribution is -0.202. The van der Waals surface area contributed by atoms with Crippen LogP contribution >= 0.6 is 0 Å². The third kappa shape index (κ3) is 9.55. The van der Waals surface area contributed by atoms with Crippen LogP contribution in [-0.2, 0) is 61.5 Å². The summed E-state index contributed by atoms with van der Waals surface area (Å²) in [4.78, 5) is 46.6. The molecule has 6 aliphatic carbocycles. The number of aryl methyl sites for hydroxylation is 2. The molecule has 11 nitrogen and oxygen atoms in total. The van der Waals surface area contributed by atoms with Crippen LogP contribution in [0.4, 0.5) is 0 Å². The van der Waals surface area contributed by atoms with Crippen LogP contribution in [0.1, 0.15) is 186 Å². The maximum Gasteiger partial charge on any atom is 0.340 e. The number of aliphatic hydroxyl groups is 3. The first-order valence-corrected chi connectivity index (χ1v) is 33.0. The molecule has 89 heavy (non-hydrogen) atoms. The molecule has 0 saturated heterocycles. The Balaban J connectivity index is 0.917. The molecule has 1 spiro atoms. The van der Waals surface area contributed by atoms with E-state index in [9.17, 15) is 20.1 Å². The standard InChI is InChI=1S/C78H80O11/c1-45(42-80)57-28-20-46-21-29-60-49(37-46)13-7-8-35-77(56-39-51-23-22-47-11-3-5-16-58(47)64(51)41-56)74(88-75(57)83)73(71-68(89-77)33-32-63-65(43-81)70(76(84)87-72(63)71)52(34-36-79)44-85-2)86-69(82)40-53-38-50(25-30-61(53)60)59-17-10-19-67-62(59)31-27-55-15-9-14-54-26-24-48-12-4-6-18-66(48)78(54,55)67/h3-6,10-12,16-19,21-23,25,29-30,32-33,37,50-56,61,64,73-74,79-81H,9,13-15,20,24,26-28,31,34-36,38-44H2,1-2H3. The largest absolute Gasteiger partial charge is 0.481 e. The fourth-order valence-corrected chi connectivity index (χ4v) is 19.2. The van der Waals surface area contributed by atoms with Gasteiger partial charge < -0.3 is 38.7 Å². The van der Waals surface area contributed by atoms with Gasteiger partial charge in [0.1, 0.15) is 11.3 Å². The molecule has 13 unspecified atom stereocenters. The molecule has 0 amide bonds. The van der Waals surface area contributed by atoms with Crippen LogP contribution in [0, 0.1) is 41.4 Å². The highest BCUT2D eigenvalue weighted by atomic mass is 16.6. The van der Waals surface area contributed by atoms with Gasteiger partial charge in [0.05, 0.1) is 31.8 Å². The van der Waals surface area contributed by atoms with Crippen molar-refractivity contribution in [3.8, 4) is 17.6 Å². The van der Waals surface area contributed by atoms with Crippen LogP contribution in [0.2, 0.25) is 0 Å². The van der Waals surface area contributed by atoms with Crippen molar-refractivity contribution in [2.24, 2.45) is 29.6 Å². The summed E-state index contributed by atoms with van der Waals surface area (Å²) < 4.78 is 34.2. The van der Waals surface area contributed by atoms with Crippen molar-refractivity contribution in [1.82, 2.24) is 0 Å². The number of carbonyl (C=O) groups is 2. The average molecular weight is 1190 g/mol. The Kier molecular flexibility index (Phi) is 15.3. The molecule has 3 aliphatic heterocycles. The third-order valence-corrected chi connectivity index (χ3v) is 23.1. The van der Waals surface area contributed by atoms with Gasteiger partial charge in [0.25, 0.3) is 0 Å². The topological polar surface area (TPSA) is 162 Å². The lowest BCUT2D eigenvalue weighted by Crippen LogP contribution is -2.60. The highest BCUT2D eigenvalue weighted by molar-refractivity contribution is 5.91. The summed E-state index contributed by atoms with van der Waals surface area (Å²) in [6.45, 7) is 0.650. The second kappa shape index (κ2) is 23.5. The first-order valence-electron chi connectivity index (χ1n) is 33.0. The maximum atomic E-state index is 16.1. The zero-order valence-electron chi connectivity index (χ0n) is 51.1. The number of methoxy groups -OCH3 is 1. The van der Waals surface area contributed by atoms with Crippen LogP contribution in [0.25, 0.3) is 17.0 Å². The lowest BCUT2D eigenvalue weighted by Gasteiger charge is -2.57. The number of hydrogen-bond acceptors (Lipinski definition) is 11. The highest BCUT2D eigenvalue weighted by Crippen LogP contribution is 2.63. The number of allylic oxidation sites excluding steroid dienone is 3. The zero-order chi connectivity index (χ0) is 60.7. The number of ether oxygens (including phenoxy) is 4. The van der Waals surface area contributed by atoms with Crippen molar-refractivity contribution in [3.05, 3.63) is 209 Å². The zero-order valence-corrected chi connectivity index (χ0v) is 51.1. The Labute approximate surface area is 521 Å². The van der Waals surface area contributed by atoms with Gasteiger partial charge in [-0.2, -0.15) is 0 Å². The van der Waals surface area contributed by atoms with Crippen molar-refractivity contribution < 1.29 is 48.3 Å². The Bertz CT molecular complexity index is 4030. The van der Waals surface area contributed by atoms with Crippen LogP contribution in [-0.4, -0.2) is 65.9 Å². The molecule has 4 heterocycles. The predicted molar refractivity (Wildman–Crippen MR) is 340 cm³/mol. The fraction of sp³-hybridized carbons (Fsp3) is 0.449. The van der Waals surface area contributed by atoms with Crippen LogP contribution < -0.4 is 10.4 Å². The Morgan fingerprint density at radius 1 is 0.764 bits per heavy atom. The molecule has 11 heteroatoms. The van der Waals surface area contributed by atoms with Crippen LogP contribution in [0.15, 0.2) is 136 Å². The minimum absolute atomic E-state index is 0.00659. The summed E-state index contributed by atoms with van der Waals surface area (Å²) in [5, 5.41) is 32.9. The molecule has 13 atom stereocenters. The van der Waals surface area contributed by atoms with Crippen molar-refractivity contribution in [2.45, 2.75) is 163 Å². The predicted octanol–water partition coefficient (Wildman–Crippen LogP) is 13.2. The van der Waals surface area contributed by atoms with E-state index in [0.717, 1.165) is 41.5 Å². The molecule has 3 N–H and O–H groups in total. The number of aliphatic hydroxyl groups excluding tert-OH is 3. The molecule has 9 aliphatic rings. The summed E-state index contributed by atoms with van der Waals surface area (Å²) in [5.41, 5.74) is 12.2. The molecule has 458 valence electrons. The summed E-state index contributed by atoms with van der Waals surface area (Å²) in [6, 6.07) is 35.0. The van der Waals surface area contributed by atoms with Gasteiger partial charge in [-0.1, -0.05) is 127 Å². The third-order valence-electron chi connectivity index (χ3n) is 23.1. The van der Waals surface area contributed by atoms with Crippen molar-refractivity contribution in [1.29, 1.82) is 0 Å². The van der Waals surface area contributed by atoms with E-state index >= 15 is 9.59 Å². The number of esters is 2. The van der Waals surface area contributed by atoms with Gasteiger partial charge >= 0.3 is 17.6 Å². The normalized spacial score (nSPS) is 30.6. The van der Waals surface area contributed by atoms with Crippen molar-refractivity contribution in [2.75, 3.05) is 26.9 Å². The second-order valence-electron chi connectivity index (χ2n) is 27.4. The smallest absolute Gasteiger partial charge is 0.340 e. The van der Waals surface area contributed by atoms with Crippen molar-refractivity contribution in [3.63, 3.8) is 0 Å². The van der Waals surface area contributed by atoms with Gasteiger partial charge in [-0.25, -0.2) is 9.59 Å². The van der Waals surface area contributed by atoms with E-state index in [-0.39, 0.29) is 109 Å². The van der Waals surface area contributed by atoms with Gasteiger partial charge in [-0.05, 0) is 192 Å². The summed E-state index contributed by atoms with van der Waals surface area (Å²) in [5.74, 6) is 6.45. The minimum atomic E-state index is -1.45. The molecular formula is C78H80O11. The van der Waals surface area contributed by atoms with Gasteiger partial charge in [0.2, 0.25) is 0 Å². The van der Waals surface area contributed by atoms with E-state index in [1.54, 1.807) is 19.1 Å². The highest BCUT2D eigenvalue weighted by Gasteiger charge is 2.62. The molecule has 0 radical (unpaired) electrons. The van der Waals surface area contributed by atoms with E-state index in [2.05, 4.69) is 121 Å². The SMILES string of the molecule is COCC(CCO)c1c(CO)c2ccc3c(c2oc1=O)C1OC(=O)CC2CC(c4cccc5c4CCC4CCCC6CCc7ccccc7C564)C=CC2c2ccc4cc2CC#CCC(C2CC5C=Cc6ccccc6C5C2)(O3)C1OC(=O)C(=C(C)CO)CC4. The van der Waals surface area contributed by atoms with Gasteiger partial charge in [-0.15, -0.1) is 0 Å². The quantitative estimate of drug-likeness (QED) is 0.0415. The van der Waals surface area contributed by atoms with Gasteiger partial charge in [0, 0.05) is 72.2 Å². The number of rotatable bonds is 9. The van der Waals surface area contributed by atoms with E-state index in [4.69, 9.17) is 23.4 Å². The lowest BCUT2D eigenvalue weighted by atomic mass is 9.46. The molecule has 2 fully saturated rings.